The Balaban J connectivity index is 4.21. The van der Waals surface area contributed by atoms with Crippen LogP contribution in [0.3, 0.4) is 0 Å². The molecule has 0 aliphatic carbocycles. The van der Waals surface area contributed by atoms with E-state index in [-0.39, 0.29) is 0 Å². The van der Waals surface area contributed by atoms with E-state index in [1.54, 1.807) is 0 Å². The second kappa shape index (κ2) is 2.87. The van der Waals surface area contributed by atoms with Crippen molar-refractivity contribution in [2.45, 2.75) is 0 Å². The molecule has 0 aliphatic heterocycles. The van der Waals surface area contributed by atoms with Crippen molar-refractivity contribution in [3.63, 3.8) is 0 Å². The van der Waals surface area contributed by atoms with Crippen molar-refractivity contribution in [2.24, 2.45) is 0 Å². The molecule has 0 aliphatic rings. The largest absolute Gasteiger partial charge is 0.279 e. The van der Waals surface area contributed by atoms with E-state index in [9.17, 15) is 0 Å². The van der Waals surface area contributed by atoms with Crippen molar-refractivity contribution in [1.82, 2.24) is 9.34 Å². The normalized spacial score (nSPS) is 13.2. The molecule has 0 radical (unpaired) electrons. The van der Waals surface area contributed by atoms with Gasteiger partial charge in [-0.15, -0.1) is 0 Å². The van der Waals surface area contributed by atoms with Gasteiger partial charge in [-0.3, -0.25) is 9.34 Å². The van der Waals surface area contributed by atoms with Crippen LogP contribution in [0, 0.1) is 0 Å². The molecule has 9 heavy (non-hydrogen) atoms. The van der Waals surface area contributed by atoms with Crippen molar-refractivity contribution in [3.8, 4) is 0 Å². The maximum atomic E-state index is 4.13. The van der Waals surface area contributed by atoms with E-state index in [2.05, 4.69) is 50.5 Å². The fourth-order valence-electron chi connectivity index (χ4n) is 0.358. The minimum absolute atomic E-state index is 1.17. The zero-order valence-electron chi connectivity index (χ0n) is 7.05. The molecule has 0 saturated carbocycles. The summed E-state index contributed by atoms with van der Waals surface area (Å²) in [6, 6.07) is 0. The molecule has 0 spiro atoms. The van der Waals surface area contributed by atoms with Crippen molar-refractivity contribution < 1.29 is 0 Å². The molecule has 2 nitrogen and oxygen atoms in total. The molecule has 56 valence electrons. The van der Waals surface area contributed by atoms with E-state index < -0.39 is 7.19 Å². The topological polar surface area (TPSA) is 6.48 Å². The number of hydrogen-bond donors (Lipinski definition) is 0. The Kier molecular flexibility index (Phi) is 2.94. The Morgan fingerprint density at radius 2 is 1.22 bits per heavy atom. The summed E-state index contributed by atoms with van der Waals surface area (Å²) in [6.07, 6.45) is 4.13. The third-order valence-corrected chi connectivity index (χ3v) is 5.17. The monoisotopic (exact) mass is 148 g/mol. The van der Waals surface area contributed by atoms with Gasteiger partial charge in [-0.25, -0.2) is 0 Å². The maximum Gasteiger partial charge on any atom is 0.00433 e. The van der Waals surface area contributed by atoms with Crippen LogP contribution in [0.15, 0.2) is 0 Å². The third kappa shape index (κ3) is 2.13. The van der Waals surface area contributed by atoms with Crippen LogP contribution in [0.4, 0.5) is 0 Å². The molecule has 0 unspecified atom stereocenters. The molecule has 0 aromatic rings. The van der Waals surface area contributed by atoms with E-state index in [1.165, 1.54) is 0 Å². The summed E-state index contributed by atoms with van der Waals surface area (Å²) >= 11 is 0. The van der Waals surface area contributed by atoms with E-state index in [0.29, 0.717) is 0 Å². The van der Waals surface area contributed by atoms with Crippen molar-refractivity contribution in [1.29, 1.82) is 0 Å². The average Bonchev–Trinajstić information content (AvgIpc) is 1.65. The van der Waals surface area contributed by atoms with E-state index in [4.69, 9.17) is 0 Å². The molecule has 0 rings (SSSR count). The second-order valence-electron chi connectivity index (χ2n) is 2.78. The second-order valence-corrected chi connectivity index (χ2v) is 6.56. The van der Waals surface area contributed by atoms with Gasteiger partial charge in [0.2, 0.25) is 0 Å². The lowest BCUT2D eigenvalue weighted by atomic mass is 11.3. The van der Waals surface area contributed by atoms with Gasteiger partial charge in [0.05, 0.1) is 0 Å². The molecular weight excluding hydrogens is 131 g/mol. The van der Waals surface area contributed by atoms with Crippen LogP contribution in [0.1, 0.15) is 0 Å². The molecular formula is C6H17N2P. The van der Waals surface area contributed by atoms with Gasteiger partial charge >= 0.3 is 0 Å². The van der Waals surface area contributed by atoms with Gasteiger partial charge in [-0.05, 0) is 34.9 Å². The quantitative estimate of drug-likeness (QED) is 0.539. The van der Waals surface area contributed by atoms with Gasteiger partial charge in [0.15, 0.2) is 0 Å². The van der Waals surface area contributed by atoms with E-state index in [1.807, 2.05) is 0 Å². The molecule has 0 amide bonds. The first-order valence-corrected chi connectivity index (χ1v) is 5.28. The predicted molar refractivity (Wildman–Crippen MR) is 47.3 cm³/mol. The van der Waals surface area contributed by atoms with Crippen LogP contribution in [0.2, 0.25) is 0 Å². The molecule has 0 aromatic heterocycles. The molecule has 3 heteroatoms. The molecule has 0 N–H and O–H groups in total. The SMILES string of the molecule is C=P(C)(N(C)C)N(C)C. The van der Waals surface area contributed by atoms with E-state index in [0.717, 1.165) is 0 Å². The summed E-state index contributed by atoms with van der Waals surface area (Å²) in [4.78, 5) is 0. The summed E-state index contributed by atoms with van der Waals surface area (Å²) in [6.45, 7) is 2.19. The average molecular weight is 148 g/mol. The van der Waals surface area contributed by atoms with Crippen LogP contribution < -0.4 is 0 Å². The zero-order valence-corrected chi connectivity index (χ0v) is 7.94. The maximum absolute atomic E-state index is 4.13. The fourth-order valence-corrected chi connectivity index (χ4v) is 1.07. The predicted octanol–water partition coefficient (Wildman–Crippen LogP) is 1.02. The molecule has 0 atom stereocenters. The number of nitrogens with zero attached hydrogens (tertiary/aromatic N) is 2. The van der Waals surface area contributed by atoms with Crippen molar-refractivity contribution >= 4 is 13.5 Å². The summed E-state index contributed by atoms with van der Waals surface area (Å²) in [5, 5.41) is 0. The summed E-state index contributed by atoms with van der Waals surface area (Å²) in [5.41, 5.74) is 0. The summed E-state index contributed by atoms with van der Waals surface area (Å²) in [5.74, 6) is 0. The fraction of sp³-hybridized carbons (Fsp3) is 0.833. The van der Waals surface area contributed by atoms with Gasteiger partial charge in [0.1, 0.15) is 0 Å². The Hall–Kier alpha value is 0.220. The number of rotatable bonds is 2. The van der Waals surface area contributed by atoms with Gasteiger partial charge in [-0.1, -0.05) is 6.30 Å². The first-order chi connectivity index (χ1) is 3.89. The van der Waals surface area contributed by atoms with Gasteiger partial charge < -0.3 is 0 Å². The Labute approximate surface area is 58.5 Å². The van der Waals surface area contributed by atoms with Gasteiger partial charge in [0, 0.05) is 7.19 Å². The van der Waals surface area contributed by atoms with E-state index >= 15 is 0 Å². The summed E-state index contributed by atoms with van der Waals surface area (Å²) < 4.78 is 4.38. The standard InChI is InChI=1S/C6H17N2P/c1-7(2)9(5,6)8(3)4/h5H2,1-4,6H3. The lowest BCUT2D eigenvalue weighted by molar-refractivity contribution is 0.575. The van der Waals surface area contributed by atoms with Crippen LogP contribution >= 0.6 is 7.19 Å². The molecule has 0 heterocycles. The highest BCUT2D eigenvalue weighted by Gasteiger charge is 2.11. The van der Waals surface area contributed by atoms with Gasteiger partial charge in [-0.2, -0.15) is 0 Å². The zero-order chi connectivity index (χ0) is 7.65. The van der Waals surface area contributed by atoms with Gasteiger partial charge in [0.25, 0.3) is 0 Å². The molecule has 0 saturated heterocycles. The lowest BCUT2D eigenvalue weighted by Gasteiger charge is -2.33. The van der Waals surface area contributed by atoms with Crippen molar-refractivity contribution in [3.05, 3.63) is 0 Å². The Morgan fingerprint density at radius 3 is 1.22 bits per heavy atom. The minimum atomic E-state index is -1.17. The first kappa shape index (κ1) is 9.22. The van der Waals surface area contributed by atoms with Crippen LogP contribution in [-0.4, -0.2) is 50.5 Å². The summed E-state index contributed by atoms with van der Waals surface area (Å²) in [7, 11) is 7.11. The van der Waals surface area contributed by atoms with Crippen molar-refractivity contribution in [2.75, 3.05) is 34.9 Å². The number of hydrogen-bond acceptors (Lipinski definition) is 2. The first-order valence-electron chi connectivity index (χ1n) is 2.95. The van der Waals surface area contributed by atoms with Crippen LogP contribution in [0.25, 0.3) is 0 Å². The highest BCUT2D eigenvalue weighted by atomic mass is 31.2. The molecule has 0 aromatic carbocycles. The highest BCUT2D eigenvalue weighted by molar-refractivity contribution is 7.68. The molecule has 0 bridgehead atoms. The Bertz CT molecular complexity index is 117. The highest BCUT2D eigenvalue weighted by Crippen LogP contribution is 2.43. The third-order valence-electron chi connectivity index (χ3n) is 1.72. The van der Waals surface area contributed by atoms with Crippen LogP contribution in [-0.2, 0) is 0 Å². The van der Waals surface area contributed by atoms with Crippen LogP contribution in [0.5, 0.6) is 0 Å². The lowest BCUT2D eigenvalue weighted by Crippen LogP contribution is -2.19. The smallest absolute Gasteiger partial charge is 0.00433 e. The Morgan fingerprint density at radius 1 is 1.00 bits per heavy atom. The molecule has 0 fully saturated rings. The minimum Gasteiger partial charge on any atom is -0.279 e.